The summed E-state index contributed by atoms with van der Waals surface area (Å²) < 4.78 is 5.32. The maximum absolute atomic E-state index is 5.37. The first-order valence-corrected chi connectivity index (χ1v) is 5.32. The fraction of sp³-hybridized carbons (Fsp3) is 0.308. The summed E-state index contributed by atoms with van der Waals surface area (Å²) in [6, 6.07) is 10.7. The lowest BCUT2D eigenvalue weighted by Gasteiger charge is -2.17. The van der Waals surface area contributed by atoms with Crippen LogP contribution in [0, 0.1) is 12.3 Å². The molecule has 16 heavy (non-hydrogen) atoms. The Kier molecular flexibility index (Phi) is 3.45. The van der Waals surface area contributed by atoms with E-state index >= 15 is 0 Å². The first kappa shape index (κ1) is 10.6. The first-order chi connectivity index (χ1) is 7.90. The van der Waals surface area contributed by atoms with Crippen LogP contribution in [0.1, 0.15) is 18.0 Å². The monoisotopic (exact) mass is 214 g/mol. The second kappa shape index (κ2) is 5.22. The molecule has 0 aromatic heterocycles. The van der Waals surface area contributed by atoms with Crippen molar-refractivity contribution in [2.75, 3.05) is 13.2 Å². The van der Waals surface area contributed by atoms with Crippen molar-refractivity contribution in [2.24, 2.45) is 4.99 Å². The summed E-state index contributed by atoms with van der Waals surface area (Å²) in [4.78, 5) is 4.20. The maximum Gasteiger partial charge on any atom is 0.285 e. The molecule has 0 radical (unpaired) electrons. The van der Waals surface area contributed by atoms with Crippen molar-refractivity contribution >= 4 is 6.02 Å². The molecule has 2 rings (SSSR count). The molecular weight excluding hydrogens is 200 g/mol. The molecule has 0 saturated carbocycles. The number of rotatable bonds is 3. The molecule has 1 N–H and O–H groups in total. The molecule has 0 unspecified atom stereocenters. The van der Waals surface area contributed by atoms with E-state index in [9.17, 15) is 0 Å². The number of benzene rings is 1. The van der Waals surface area contributed by atoms with Gasteiger partial charge in [0.1, 0.15) is 6.61 Å². The Hall–Kier alpha value is -1.95. The zero-order chi connectivity index (χ0) is 11.2. The molecule has 82 valence electrons. The van der Waals surface area contributed by atoms with Gasteiger partial charge in [-0.2, -0.15) is 0 Å². The quantitative estimate of drug-likeness (QED) is 0.777. The van der Waals surface area contributed by atoms with Crippen LogP contribution in [0.5, 0.6) is 0 Å². The summed E-state index contributed by atoms with van der Waals surface area (Å²) in [7, 11) is 0. The third kappa shape index (κ3) is 2.54. The number of amidine groups is 1. The van der Waals surface area contributed by atoms with Crippen LogP contribution in [0.2, 0.25) is 0 Å². The van der Waals surface area contributed by atoms with Crippen LogP contribution in [0.15, 0.2) is 35.3 Å². The summed E-state index contributed by atoms with van der Waals surface area (Å²) in [5.41, 5.74) is 1.15. The molecule has 1 aliphatic rings. The van der Waals surface area contributed by atoms with Crippen molar-refractivity contribution in [3.8, 4) is 12.3 Å². The van der Waals surface area contributed by atoms with Gasteiger partial charge in [-0.3, -0.25) is 0 Å². The van der Waals surface area contributed by atoms with Gasteiger partial charge >= 0.3 is 0 Å². The number of hydrogen-bond donors (Lipinski definition) is 1. The van der Waals surface area contributed by atoms with Gasteiger partial charge in [0.25, 0.3) is 6.02 Å². The minimum Gasteiger partial charge on any atom is -0.463 e. The highest BCUT2D eigenvalue weighted by Gasteiger charge is 2.14. The number of aliphatic imine (C=N–C) groups is 1. The zero-order valence-corrected chi connectivity index (χ0v) is 9.02. The molecule has 0 saturated heterocycles. The highest BCUT2D eigenvalue weighted by atomic mass is 16.5. The van der Waals surface area contributed by atoms with Crippen LogP contribution in [-0.2, 0) is 4.74 Å². The smallest absolute Gasteiger partial charge is 0.285 e. The minimum atomic E-state index is 0.0723. The molecule has 0 aliphatic carbocycles. The second-order valence-electron chi connectivity index (χ2n) is 3.55. The number of nitrogens with zero attached hydrogens (tertiary/aromatic N) is 1. The summed E-state index contributed by atoms with van der Waals surface area (Å²) in [5.74, 6) is 2.67. The Morgan fingerprint density at radius 3 is 2.88 bits per heavy atom. The SMILES string of the molecule is C#CC[C@@H](NC1=NCCO1)c1ccccc1. The van der Waals surface area contributed by atoms with Gasteiger partial charge in [0.2, 0.25) is 0 Å². The Balaban J connectivity index is 2.08. The third-order valence-electron chi connectivity index (χ3n) is 2.41. The summed E-state index contributed by atoms with van der Waals surface area (Å²) >= 11 is 0. The van der Waals surface area contributed by atoms with Crippen LogP contribution in [0.4, 0.5) is 0 Å². The van der Waals surface area contributed by atoms with Crippen LogP contribution in [0.25, 0.3) is 0 Å². The van der Waals surface area contributed by atoms with E-state index in [0.717, 1.165) is 12.1 Å². The van der Waals surface area contributed by atoms with E-state index in [-0.39, 0.29) is 6.04 Å². The van der Waals surface area contributed by atoms with E-state index in [2.05, 4.69) is 16.2 Å². The molecular formula is C13H14N2O. The number of hydrogen-bond acceptors (Lipinski definition) is 3. The Morgan fingerprint density at radius 1 is 1.44 bits per heavy atom. The molecule has 1 aromatic carbocycles. The molecule has 0 amide bonds. The molecule has 3 nitrogen and oxygen atoms in total. The number of nitrogens with one attached hydrogen (secondary N) is 1. The van der Waals surface area contributed by atoms with E-state index in [1.807, 2.05) is 30.3 Å². The highest BCUT2D eigenvalue weighted by Crippen LogP contribution is 2.16. The Bertz CT molecular complexity index is 406. The zero-order valence-electron chi connectivity index (χ0n) is 9.02. The Morgan fingerprint density at radius 2 is 2.25 bits per heavy atom. The molecule has 1 aromatic rings. The standard InChI is InChI=1S/C13H14N2O/c1-2-6-12(11-7-4-3-5-8-11)15-13-14-9-10-16-13/h1,3-5,7-8,12H,6,9-10H2,(H,14,15)/t12-/m1/s1. The maximum atomic E-state index is 5.37. The fourth-order valence-electron chi connectivity index (χ4n) is 1.63. The molecule has 0 bridgehead atoms. The van der Waals surface area contributed by atoms with Gasteiger partial charge in [0.05, 0.1) is 12.6 Å². The van der Waals surface area contributed by atoms with Crippen molar-refractivity contribution in [3.63, 3.8) is 0 Å². The van der Waals surface area contributed by atoms with Crippen LogP contribution >= 0.6 is 0 Å². The summed E-state index contributed by atoms with van der Waals surface area (Å²) in [6.45, 7) is 1.37. The van der Waals surface area contributed by atoms with Crippen molar-refractivity contribution in [1.82, 2.24) is 5.32 Å². The lowest BCUT2D eigenvalue weighted by Crippen LogP contribution is -2.28. The third-order valence-corrected chi connectivity index (χ3v) is 2.41. The van der Waals surface area contributed by atoms with Gasteiger partial charge in [-0.15, -0.1) is 12.3 Å². The predicted octanol–water partition coefficient (Wildman–Crippen LogP) is 1.73. The minimum absolute atomic E-state index is 0.0723. The van der Waals surface area contributed by atoms with E-state index in [4.69, 9.17) is 11.2 Å². The largest absolute Gasteiger partial charge is 0.463 e. The molecule has 1 heterocycles. The fourth-order valence-corrected chi connectivity index (χ4v) is 1.63. The number of ether oxygens (including phenoxy) is 1. The van der Waals surface area contributed by atoms with Crippen molar-refractivity contribution < 1.29 is 4.74 Å². The molecule has 3 heteroatoms. The average molecular weight is 214 g/mol. The van der Waals surface area contributed by atoms with Gasteiger partial charge in [0.15, 0.2) is 0 Å². The van der Waals surface area contributed by atoms with Gasteiger partial charge in [-0.1, -0.05) is 30.3 Å². The van der Waals surface area contributed by atoms with Crippen LogP contribution < -0.4 is 5.32 Å². The molecule has 0 fully saturated rings. The van der Waals surface area contributed by atoms with Crippen molar-refractivity contribution in [2.45, 2.75) is 12.5 Å². The van der Waals surface area contributed by atoms with Gasteiger partial charge in [-0.05, 0) is 5.56 Å². The van der Waals surface area contributed by atoms with Gasteiger partial charge < -0.3 is 10.1 Å². The number of terminal acetylenes is 1. The van der Waals surface area contributed by atoms with E-state index in [1.165, 1.54) is 0 Å². The average Bonchev–Trinajstić information content (AvgIpc) is 2.83. The molecule has 0 spiro atoms. The van der Waals surface area contributed by atoms with Crippen molar-refractivity contribution in [3.05, 3.63) is 35.9 Å². The lowest BCUT2D eigenvalue weighted by atomic mass is 10.0. The normalized spacial score (nSPS) is 15.8. The second-order valence-corrected chi connectivity index (χ2v) is 3.55. The topological polar surface area (TPSA) is 33.6 Å². The lowest BCUT2D eigenvalue weighted by molar-refractivity contribution is 0.325. The van der Waals surface area contributed by atoms with Crippen molar-refractivity contribution in [1.29, 1.82) is 0 Å². The predicted molar refractivity (Wildman–Crippen MR) is 64.0 cm³/mol. The highest BCUT2D eigenvalue weighted by molar-refractivity contribution is 5.75. The Labute approximate surface area is 95.5 Å². The van der Waals surface area contributed by atoms with Crippen LogP contribution in [-0.4, -0.2) is 19.2 Å². The molecule has 1 aliphatic heterocycles. The van der Waals surface area contributed by atoms with E-state index in [1.54, 1.807) is 0 Å². The van der Waals surface area contributed by atoms with Gasteiger partial charge in [-0.25, -0.2) is 4.99 Å². The first-order valence-electron chi connectivity index (χ1n) is 5.32. The molecule has 1 atom stereocenters. The van der Waals surface area contributed by atoms with E-state index in [0.29, 0.717) is 19.0 Å². The summed E-state index contributed by atoms with van der Waals surface area (Å²) in [6.07, 6.45) is 5.99. The van der Waals surface area contributed by atoms with E-state index < -0.39 is 0 Å². The van der Waals surface area contributed by atoms with Gasteiger partial charge in [0, 0.05) is 6.42 Å². The van der Waals surface area contributed by atoms with Crippen LogP contribution in [0.3, 0.4) is 0 Å². The summed E-state index contributed by atoms with van der Waals surface area (Å²) in [5, 5.41) is 3.22.